The van der Waals surface area contributed by atoms with Crippen molar-refractivity contribution in [1.82, 2.24) is 4.90 Å². The van der Waals surface area contributed by atoms with Gasteiger partial charge in [0.2, 0.25) is 5.91 Å². The van der Waals surface area contributed by atoms with Gasteiger partial charge in [-0.1, -0.05) is 35.9 Å². The second-order valence-electron chi connectivity index (χ2n) is 8.21. The molecular weight excluding hydrogens is 502 g/mol. The van der Waals surface area contributed by atoms with Gasteiger partial charge in [-0.25, -0.2) is 8.42 Å². The molecule has 1 saturated heterocycles. The summed E-state index contributed by atoms with van der Waals surface area (Å²) in [7, 11) is -1.13. The van der Waals surface area contributed by atoms with E-state index in [-0.39, 0.29) is 23.0 Å². The standard InChI is InChI=1S/C26H28ClN3O5S/c1-34-22-11-12-25(35-2)24(18-22)30(36(32,33)23-9-4-3-5-10-23)19-26(31)29-15-13-28(14-16-29)21-8-6-7-20(27)17-21/h3-12,17-18H,13-16,19H2,1-2H3. The van der Waals surface area contributed by atoms with Gasteiger partial charge in [0.15, 0.2) is 0 Å². The smallest absolute Gasteiger partial charge is 0.264 e. The van der Waals surface area contributed by atoms with E-state index in [2.05, 4.69) is 4.90 Å². The Morgan fingerprint density at radius 1 is 0.917 bits per heavy atom. The molecule has 1 heterocycles. The molecular formula is C26H28ClN3O5S. The van der Waals surface area contributed by atoms with Crippen molar-refractivity contribution in [2.45, 2.75) is 4.90 Å². The van der Waals surface area contributed by atoms with E-state index in [1.54, 1.807) is 41.3 Å². The minimum absolute atomic E-state index is 0.0773. The van der Waals surface area contributed by atoms with E-state index in [0.29, 0.717) is 42.7 Å². The fourth-order valence-corrected chi connectivity index (χ4v) is 5.74. The Labute approximate surface area is 216 Å². The van der Waals surface area contributed by atoms with E-state index in [9.17, 15) is 13.2 Å². The molecule has 0 spiro atoms. The van der Waals surface area contributed by atoms with Crippen molar-refractivity contribution in [3.63, 3.8) is 0 Å². The SMILES string of the molecule is COc1ccc(OC)c(N(CC(=O)N2CCN(c3cccc(Cl)c3)CC2)S(=O)(=O)c2ccccc2)c1. The van der Waals surface area contributed by atoms with Crippen LogP contribution >= 0.6 is 11.6 Å². The lowest BCUT2D eigenvalue weighted by atomic mass is 10.2. The summed E-state index contributed by atoms with van der Waals surface area (Å²) in [4.78, 5) is 17.3. The van der Waals surface area contributed by atoms with E-state index < -0.39 is 10.0 Å². The summed E-state index contributed by atoms with van der Waals surface area (Å²) in [6.07, 6.45) is 0. The molecule has 190 valence electrons. The molecule has 1 aliphatic heterocycles. The van der Waals surface area contributed by atoms with Gasteiger partial charge in [0.05, 0.1) is 24.8 Å². The predicted octanol–water partition coefficient (Wildman–Crippen LogP) is 3.90. The highest BCUT2D eigenvalue weighted by Gasteiger charge is 2.32. The molecule has 0 bridgehead atoms. The van der Waals surface area contributed by atoms with E-state index in [1.165, 1.54) is 26.4 Å². The van der Waals surface area contributed by atoms with Gasteiger partial charge in [0, 0.05) is 43.0 Å². The van der Waals surface area contributed by atoms with Crippen molar-refractivity contribution in [2.75, 3.05) is 56.1 Å². The minimum atomic E-state index is -4.08. The van der Waals surface area contributed by atoms with Crippen LogP contribution in [0.4, 0.5) is 11.4 Å². The molecule has 4 rings (SSSR count). The normalized spacial score (nSPS) is 13.9. The summed E-state index contributed by atoms with van der Waals surface area (Å²) in [6.45, 7) is 1.76. The third-order valence-electron chi connectivity index (χ3n) is 6.07. The molecule has 0 aliphatic carbocycles. The van der Waals surface area contributed by atoms with Gasteiger partial charge in [-0.05, 0) is 42.5 Å². The predicted molar refractivity (Wildman–Crippen MR) is 141 cm³/mol. The third kappa shape index (κ3) is 5.52. The van der Waals surface area contributed by atoms with E-state index in [0.717, 1.165) is 9.99 Å². The summed E-state index contributed by atoms with van der Waals surface area (Å²) in [6, 6.07) is 20.5. The number of ether oxygens (including phenoxy) is 2. The molecule has 0 radical (unpaired) electrons. The van der Waals surface area contributed by atoms with Gasteiger partial charge in [-0.3, -0.25) is 9.10 Å². The molecule has 1 fully saturated rings. The lowest BCUT2D eigenvalue weighted by Gasteiger charge is -2.37. The number of hydrogen-bond acceptors (Lipinski definition) is 6. The maximum Gasteiger partial charge on any atom is 0.264 e. The van der Waals surface area contributed by atoms with E-state index in [4.69, 9.17) is 21.1 Å². The average Bonchev–Trinajstić information content (AvgIpc) is 2.91. The molecule has 1 amide bonds. The number of rotatable bonds is 8. The minimum Gasteiger partial charge on any atom is -0.497 e. The maximum atomic E-state index is 13.7. The zero-order valence-corrected chi connectivity index (χ0v) is 21.7. The largest absolute Gasteiger partial charge is 0.497 e. The number of halogens is 1. The van der Waals surface area contributed by atoms with Crippen LogP contribution in [0.25, 0.3) is 0 Å². The van der Waals surface area contributed by atoms with Crippen LogP contribution in [0.15, 0.2) is 77.7 Å². The van der Waals surface area contributed by atoms with Crippen molar-refractivity contribution >= 4 is 38.9 Å². The van der Waals surface area contributed by atoms with Crippen LogP contribution < -0.4 is 18.7 Å². The molecule has 0 unspecified atom stereocenters. The highest BCUT2D eigenvalue weighted by atomic mass is 35.5. The van der Waals surface area contributed by atoms with Crippen LogP contribution in [0.2, 0.25) is 5.02 Å². The maximum absolute atomic E-state index is 13.7. The molecule has 0 aromatic heterocycles. The summed E-state index contributed by atoms with van der Waals surface area (Å²) in [5.41, 5.74) is 1.22. The number of carbonyl (C=O) groups excluding carboxylic acids is 1. The van der Waals surface area contributed by atoms with Crippen LogP contribution in [0.1, 0.15) is 0 Å². The topological polar surface area (TPSA) is 79.4 Å². The average molecular weight is 530 g/mol. The summed E-state index contributed by atoms with van der Waals surface area (Å²) >= 11 is 6.13. The van der Waals surface area contributed by atoms with Crippen molar-refractivity contribution in [2.24, 2.45) is 0 Å². The van der Waals surface area contributed by atoms with Gasteiger partial charge < -0.3 is 19.3 Å². The third-order valence-corrected chi connectivity index (χ3v) is 8.08. The number of hydrogen-bond donors (Lipinski definition) is 0. The fraction of sp³-hybridized carbons (Fsp3) is 0.269. The quantitative estimate of drug-likeness (QED) is 0.440. The molecule has 8 nitrogen and oxygen atoms in total. The van der Waals surface area contributed by atoms with Gasteiger partial charge in [0.25, 0.3) is 10.0 Å². The second-order valence-corrected chi connectivity index (χ2v) is 10.5. The number of nitrogens with zero attached hydrogens (tertiary/aromatic N) is 3. The van der Waals surface area contributed by atoms with Crippen molar-refractivity contribution in [1.29, 1.82) is 0 Å². The van der Waals surface area contributed by atoms with Crippen molar-refractivity contribution < 1.29 is 22.7 Å². The van der Waals surface area contributed by atoms with Crippen molar-refractivity contribution in [3.05, 3.63) is 77.8 Å². The Hall–Kier alpha value is -3.43. The van der Waals surface area contributed by atoms with Crippen molar-refractivity contribution in [3.8, 4) is 11.5 Å². The summed E-state index contributed by atoms with van der Waals surface area (Å²) in [5, 5.41) is 0.653. The number of anilines is 2. The monoisotopic (exact) mass is 529 g/mol. The van der Waals surface area contributed by atoms with Crippen LogP contribution in [0, 0.1) is 0 Å². The number of piperazine rings is 1. The Bertz CT molecular complexity index is 1310. The van der Waals surface area contributed by atoms with Gasteiger partial charge in [0.1, 0.15) is 18.0 Å². The highest BCUT2D eigenvalue weighted by Crippen LogP contribution is 2.35. The van der Waals surface area contributed by atoms with Crippen LogP contribution in [-0.4, -0.2) is 66.2 Å². The number of benzene rings is 3. The van der Waals surface area contributed by atoms with Gasteiger partial charge in [-0.15, -0.1) is 0 Å². The zero-order chi connectivity index (χ0) is 25.7. The Morgan fingerprint density at radius 3 is 2.28 bits per heavy atom. The first kappa shape index (κ1) is 25.7. The summed E-state index contributed by atoms with van der Waals surface area (Å²) < 4.78 is 39.3. The zero-order valence-electron chi connectivity index (χ0n) is 20.1. The Balaban J connectivity index is 1.60. The van der Waals surface area contributed by atoms with Gasteiger partial charge >= 0.3 is 0 Å². The molecule has 3 aromatic carbocycles. The Morgan fingerprint density at radius 2 is 1.64 bits per heavy atom. The molecule has 0 atom stereocenters. The molecule has 10 heteroatoms. The number of carbonyl (C=O) groups is 1. The number of methoxy groups -OCH3 is 2. The first-order chi connectivity index (χ1) is 17.3. The van der Waals surface area contributed by atoms with Crippen LogP contribution in [0.3, 0.4) is 0 Å². The molecule has 0 saturated carbocycles. The Kier molecular flexibility index (Phi) is 7.91. The second kappa shape index (κ2) is 11.1. The summed E-state index contributed by atoms with van der Waals surface area (Å²) in [5.74, 6) is 0.459. The van der Waals surface area contributed by atoms with Crippen LogP contribution in [0.5, 0.6) is 11.5 Å². The molecule has 36 heavy (non-hydrogen) atoms. The molecule has 3 aromatic rings. The van der Waals surface area contributed by atoms with Gasteiger partial charge in [-0.2, -0.15) is 0 Å². The molecule has 0 N–H and O–H groups in total. The number of amides is 1. The molecule has 1 aliphatic rings. The van der Waals surface area contributed by atoms with E-state index in [1.807, 2.05) is 24.3 Å². The lowest BCUT2D eigenvalue weighted by Crippen LogP contribution is -2.52. The lowest BCUT2D eigenvalue weighted by molar-refractivity contribution is -0.129. The first-order valence-electron chi connectivity index (χ1n) is 11.4. The first-order valence-corrected chi connectivity index (χ1v) is 13.2. The van der Waals surface area contributed by atoms with Crippen LogP contribution in [-0.2, 0) is 14.8 Å². The highest BCUT2D eigenvalue weighted by molar-refractivity contribution is 7.92. The number of sulfonamides is 1. The van der Waals surface area contributed by atoms with E-state index >= 15 is 0 Å². The fourth-order valence-electron chi connectivity index (χ4n) is 4.12.